The Morgan fingerprint density at radius 2 is 2.26 bits per heavy atom. The predicted octanol–water partition coefficient (Wildman–Crippen LogP) is 2.03. The lowest BCUT2D eigenvalue weighted by Gasteiger charge is -2.11. The van der Waals surface area contributed by atoms with Gasteiger partial charge in [0.2, 0.25) is 5.91 Å². The average molecular weight is 283 g/mol. The van der Waals surface area contributed by atoms with Gasteiger partial charge in [-0.05, 0) is 49.9 Å². The third kappa shape index (κ3) is 4.82. The summed E-state index contributed by atoms with van der Waals surface area (Å²) in [6.07, 6.45) is 2.58. The number of nitrogens with one attached hydrogen (secondary N) is 2. The van der Waals surface area contributed by atoms with E-state index in [4.69, 9.17) is 11.6 Å². The van der Waals surface area contributed by atoms with Gasteiger partial charge < -0.3 is 15.7 Å². The summed E-state index contributed by atoms with van der Waals surface area (Å²) in [5.41, 5.74) is 0.704. The molecular formula is C14H19ClN2O2. The van der Waals surface area contributed by atoms with Crippen molar-refractivity contribution in [3.63, 3.8) is 0 Å². The molecule has 1 saturated carbocycles. The molecule has 0 spiro atoms. The van der Waals surface area contributed by atoms with Gasteiger partial charge in [-0.2, -0.15) is 0 Å². The Morgan fingerprint density at radius 3 is 2.95 bits per heavy atom. The van der Waals surface area contributed by atoms with Gasteiger partial charge in [-0.1, -0.05) is 17.7 Å². The molecule has 1 fully saturated rings. The number of benzene rings is 1. The lowest BCUT2D eigenvalue weighted by atomic mass is 10.1. The first kappa shape index (κ1) is 14.3. The second-order valence-electron chi connectivity index (χ2n) is 5.02. The molecule has 1 amide bonds. The van der Waals surface area contributed by atoms with E-state index in [1.807, 2.05) is 0 Å². The third-order valence-corrected chi connectivity index (χ3v) is 3.58. The Hall–Kier alpha value is -1.10. The van der Waals surface area contributed by atoms with Gasteiger partial charge in [0.15, 0.2) is 0 Å². The topological polar surface area (TPSA) is 61.4 Å². The molecule has 0 radical (unpaired) electrons. The lowest BCUT2D eigenvalue weighted by molar-refractivity contribution is -0.115. The summed E-state index contributed by atoms with van der Waals surface area (Å²) >= 11 is 5.84. The Kier molecular flexibility index (Phi) is 5.19. The van der Waals surface area contributed by atoms with Crippen LogP contribution in [0.2, 0.25) is 5.02 Å². The molecule has 3 N–H and O–H groups in total. The number of rotatable bonds is 5. The van der Waals surface area contributed by atoms with Crippen LogP contribution in [0, 0.1) is 5.92 Å². The van der Waals surface area contributed by atoms with Crippen molar-refractivity contribution in [3.05, 3.63) is 29.3 Å². The Balaban J connectivity index is 1.67. The Labute approximate surface area is 118 Å². The van der Waals surface area contributed by atoms with Crippen LogP contribution in [0.25, 0.3) is 0 Å². The first-order valence-electron chi connectivity index (χ1n) is 6.57. The Morgan fingerprint density at radius 1 is 1.42 bits per heavy atom. The van der Waals surface area contributed by atoms with Crippen molar-refractivity contribution in [1.82, 2.24) is 5.32 Å². The fourth-order valence-corrected chi connectivity index (χ4v) is 2.59. The largest absolute Gasteiger partial charge is 0.393 e. The van der Waals surface area contributed by atoms with Crippen LogP contribution in [0.4, 0.5) is 5.69 Å². The molecule has 1 aromatic carbocycles. The highest BCUT2D eigenvalue weighted by molar-refractivity contribution is 6.30. The lowest BCUT2D eigenvalue weighted by Crippen LogP contribution is -2.31. The van der Waals surface area contributed by atoms with Crippen LogP contribution in [-0.4, -0.2) is 30.2 Å². The predicted molar refractivity (Wildman–Crippen MR) is 76.3 cm³/mol. The summed E-state index contributed by atoms with van der Waals surface area (Å²) in [4.78, 5) is 11.7. The van der Waals surface area contributed by atoms with Crippen LogP contribution in [-0.2, 0) is 4.79 Å². The van der Waals surface area contributed by atoms with Gasteiger partial charge in [-0.3, -0.25) is 4.79 Å². The number of carbonyl (C=O) groups is 1. The molecule has 5 heteroatoms. The van der Waals surface area contributed by atoms with Gasteiger partial charge in [-0.15, -0.1) is 0 Å². The number of hydrogen-bond donors (Lipinski definition) is 3. The summed E-state index contributed by atoms with van der Waals surface area (Å²) in [5, 5.41) is 15.9. The van der Waals surface area contributed by atoms with E-state index >= 15 is 0 Å². The van der Waals surface area contributed by atoms with E-state index in [2.05, 4.69) is 10.6 Å². The van der Waals surface area contributed by atoms with Crippen molar-refractivity contribution < 1.29 is 9.90 Å². The Bertz CT molecular complexity index is 439. The number of hydrogen-bond acceptors (Lipinski definition) is 3. The van der Waals surface area contributed by atoms with Crippen molar-refractivity contribution in [3.8, 4) is 0 Å². The van der Waals surface area contributed by atoms with E-state index in [0.717, 1.165) is 25.8 Å². The fourth-order valence-electron chi connectivity index (χ4n) is 2.40. The highest BCUT2D eigenvalue weighted by Gasteiger charge is 2.22. The molecule has 0 aromatic heterocycles. The summed E-state index contributed by atoms with van der Waals surface area (Å²) in [7, 11) is 0. The van der Waals surface area contributed by atoms with Crippen molar-refractivity contribution in [1.29, 1.82) is 0 Å². The minimum absolute atomic E-state index is 0.0826. The molecule has 19 heavy (non-hydrogen) atoms. The number of anilines is 1. The fraction of sp³-hybridized carbons (Fsp3) is 0.500. The smallest absolute Gasteiger partial charge is 0.238 e. The highest BCUT2D eigenvalue weighted by atomic mass is 35.5. The summed E-state index contributed by atoms with van der Waals surface area (Å²) in [5.74, 6) is 0.398. The van der Waals surface area contributed by atoms with Crippen molar-refractivity contribution >= 4 is 23.2 Å². The number of amides is 1. The highest BCUT2D eigenvalue weighted by Crippen LogP contribution is 2.24. The molecule has 1 aromatic rings. The molecule has 0 saturated heterocycles. The SMILES string of the molecule is O=C(CNCC1CCC(O)C1)Nc1cccc(Cl)c1. The van der Waals surface area contributed by atoms with E-state index in [1.165, 1.54) is 0 Å². The minimum atomic E-state index is -0.160. The quantitative estimate of drug-likeness (QED) is 0.774. The standard InChI is InChI=1S/C14H19ClN2O2/c15-11-2-1-3-12(7-11)17-14(19)9-16-8-10-4-5-13(18)6-10/h1-3,7,10,13,16,18H,4-6,8-9H2,(H,17,19). The van der Waals surface area contributed by atoms with Gasteiger partial charge in [0.05, 0.1) is 12.6 Å². The second-order valence-corrected chi connectivity index (χ2v) is 5.46. The number of aliphatic hydroxyl groups excluding tert-OH is 1. The normalized spacial score (nSPS) is 22.4. The molecule has 1 aliphatic carbocycles. The first-order valence-corrected chi connectivity index (χ1v) is 6.95. The van der Waals surface area contributed by atoms with E-state index in [-0.39, 0.29) is 18.6 Å². The second kappa shape index (κ2) is 6.89. The van der Waals surface area contributed by atoms with Crippen LogP contribution in [0.15, 0.2) is 24.3 Å². The van der Waals surface area contributed by atoms with Crippen molar-refractivity contribution in [2.75, 3.05) is 18.4 Å². The number of carbonyl (C=O) groups excluding carboxylic acids is 1. The zero-order chi connectivity index (χ0) is 13.7. The summed E-state index contributed by atoms with van der Waals surface area (Å²) in [6, 6.07) is 7.08. The van der Waals surface area contributed by atoms with Gasteiger partial charge in [0.1, 0.15) is 0 Å². The molecule has 0 bridgehead atoms. The molecule has 104 valence electrons. The van der Waals surface area contributed by atoms with Gasteiger partial charge >= 0.3 is 0 Å². The van der Waals surface area contributed by atoms with Gasteiger partial charge in [-0.25, -0.2) is 0 Å². The molecule has 4 nitrogen and oxygen atoms in total. The van der Waals surface area contributed by atoms with Crippen molar-refractivity contribution in [2.24, 2.45) is 5.92 Å². The zero-order valence-corrected chi connectivity index (χ0v) is 11.5. The average Bonchev–Trinajstić information content (AvgIpc) is 2.75. The van der Waals surface area contributed by atoms with Gasteiger partial charge in [0.25, 0.3) is 0 Å². The van der Waals surface area contributed by atoms with E-state index in [9.17, 15) is 9.90 Å². The molecule has 0 heterocycles. The molecule has 1 aliphatic rings. The van der Waals surface area contributed by atoms with E-state index < -0.39 is 0 Å². The zero-order valence-electron chi connectivity index (χ0n) is 10.7. The maximum atomic E-state index is 11.7. The maximum absolute atomic E-state index is 11.7. The first-order chi connectivity index (χ1) is 9.13. The van der Waals surface area contributed by atoms with Crippen LogP contribution >= 0.6 is 11.6 Å². The number of aliphatic hydroxyl groups is 1. The molecule has 2 unspecified atom stereocenters. The van der Waals surface area contributed by atoms with E-state index in [0.29, 0.717) is 16.6 Å². The third-order valence-electron chi connectivity index (χ3n) is 3.34. The molecule has 2 rings (SSSR count). The number of halogens is 1. The molecule has 0 aliphatic heterocycles. The van der Waals surface area contributed by atoms with Gasteiger partial charge in [0, 0.05) is 10.7 Å². The van der Waals surface area contributed by atoms with Crippen LogP contribution in [0.3, 0.4) is 0 Å². The van der Waals surface area contributed by atoms with Crippen LogP contribution in [0.5, 0.6) is 0 Å². The summed E-state index contributed by atoms with van der Waals surface area (Å²) in [6.45, 7) is 1.05. The molecular weight excluding hydrogens is 264 g/mol. The van der Waals surface area contributed by atoms with Crippen LogP contribution in [0.1, 0.15) is 19.3 Å². The minimum Gasteiger partial charge on any atom is -0.393 e. The summed E-state index contributed by atoms with van der Waals surface area (Å²) < 4.78 is 0. The van der Waals surface area contributed by atoms with Crippen molar-refractivity contribution in [2.45, 2.75) is 25.4 Å². The van der Waals surface area contributed by atoms with E-state index in [1.54, 1.807) is 24.3 Å². The van der Waals surface area contributed by atoms with Crippen LogP contribution < -0.4 is 10.6 Å². The maximum Gasteiger partial charge on any atom is 0.238 e. The monoisotopic (exact) mass is 282 g/mol. The molecule has 2 atom stereocenters.